The zero-order valence-corrected chi connectivity index (χ0v) is 8.94. The molecule has 1 aromatic carbocycles. The molecule has 5 N–H and O–H groups in total. The summed E-state index contributed by atoms with van der Waals surface area (Å²) in [7, 11) is 0. The Hall–Kier alpha value is -2.10. The van der Waals surface area contributed by atoms with Gasteiger partial charge in [0.1, 0.15) is 5.84 Å². The molecule has 4 nitrogen and oxygen atoms in total. The summed E-state index contributed by atoms with van der Waals surface area (Å²) in [5.74, 6) is -0.255. The Kier molecular flexibility index (Phi) is 4.27. The van der Waals surface area contributed by atoms with E-state index in [9.17, 15) is 4.79 Å². The summed E-state index contributed by atoms with van der Waals surface area (Å²) in [6.45, 7) is 0. The monoisotopic (exact) mass is 217 g/mol. The molecule has 0 heterocycles. The van der Waals surface area contributed by atoms with Crippen molar-refractivity contribution in [1.29, 1.82) is 5.41 Å². The van der Waals surface area contributed by atoms with Gasteiger partial charge in [-0.25, -0.2) is 0 Å². The van der Waals surface area contributed by atoms with Crippen LogP contribution in [0.4, 0.5) is 0 Å². The van der Waals surface area contributed by atoms with E-state index in [1.54, 1.807) is 6.07 Å². The van der Waals surface area contributed by atoms with Crippen molar-refractivity contribution < 1.29 is 4.79 Å². The molecule has 16 heavy (non-hydrogen) atoms. The molecule has 1 rings (SSSR count). The average molecular weight is 217 g/mol. The first-order valence-corrected chi connectivity index (χ1v) is 4.99. The fraction of sp³-hybridized carbons (Fsp3) is 0.167. The molecule has 0 saturated carbocycles. The van der Waals surface area contributed by atoms with E-state index in [4.69, 9.17) is 16.9 Å². The van der Waals surface area contributed by atoms with Crippen LogP contribution in [0.5, 0.6) is 0 Å². The van der Waals surface area contributed by atoms with Crippen molar-refractivity contribution in [2.45, 2.75) is 12.8 Å². The van der Waals surface area contributed by atoms with Gasteiger partial charge in [-0.1, -0.05) is 30.4 Å². The van der Waals surface area contributed by atoms with Crippen LogP contribution in [0.1, 0.15) is 24.0 Å². The smallest absolute Gasteiger partial charge is 0.217 e. The maximum Gasteiger partial charge on any atom is 0.217 e. The van der Waals surface area contributed by atoms with Crippen LogP contribution in [-0.2, 0) is 4.79 Å². The summed E-state index contributed by atoms with van der Waals surface area (Å²) < 4.78 is 0. The van der Waals surface area contributed by atoms with Crippen molar-refractivity contribution in [3.63, 3.8) is 0 Å². The number of amides is 1. The number of nitrogen functional groups attached to an aromatic ring is 1. The van der Waals surface area contributed by atoms with E-state index >= 15 is 0 Å². The number of primary amides is 1. The van der Waals surface area contributed by atoms with Gasteiger partial charge in [-0.05, 0) is 18.1 Å². The Balaban J connectivity index is 2.63. The van der Waals surface area contributed by atoms with E-state index in [1.165, 1.54) is 0 Å². The first-order valence-electron chi connectivity index (χ1n) is 4.99. The molecule has 4 heteroatoms. The third-order valence-electron chi connectivity index (χ3n) is 2.07. The molecule has 0 aliphatic heterocycles. The van der Waals surface area contributed by atoms with Crippen LogP contribution in [0.2, 0.25) is 0 Å². The van der Waals surface area contributed by atoms with Crippen LogP contribution in [0, 0.1) is 5.41 Å². The van der Waals surface area contributed by atoms with Crippen molar-refractivity contribution in [2.75, 3.05) is 0 Å². The highest BCUT2D eigenvalue weighted by molar-refractivity contribution is 5.95. The van der Waals surface area contributed by atoms with Gasteiger partial charge in [-0.15, -0.1) is 0 Å². The number of amidine groups is 1. The van der Waals surface area contributed by atoms with Gasteiger partial charge < -0.3 is 11.5 Å². The second-order valence-electron chi connectivity index (χ2n) is 3.45. The Morgan fingerprint density at radius 3 is 2.75 bits per heavy atom. The molecule has 0 spiro atoms. The van der Waals surface area contributed by atoms with Crippen LogP contribution in [-0.4, -0.2) is 11.7 Å². The quantitative estimate of drug-likeness (QED) is 0.511. The number of rotatable bonds is 5. The lowest BCUT2D eigenvalue weighted by atomic mass is 10.1. The molecule has 1 aromatic rings. The standard InChI is InChI=1S/C12H15N3O/c13-11(16)7-2-1-4-9-5-3-6-10(8-9)12(14)15/h1,3-6,8H,2,7H2,(H2,13,16)(H3,14,15)/b4-1+. The summed E-state index contributed by atoms with van der Waals surface area (Å²) >= 11 is 0. The number of hydrogen-bond donors (Lipinski definition) is 3. The predicted octanol–water partition coefficient (Wildman–Crippen LogP) is 1.25. The van der Waals surface area contributed by atoms with Crippen molar-refractivity contribution in [3.05, 3.63) is 41.5 Å². The van der Waals surface area contributed by atoms with Crippen molar-refractivity contribution in [1.82, 2.24) is 0 Å². The van der Waals surface area contributed by atoms with Crippen molar-refractivity contribution >= 4 is 17.8 Å². The summed E-state index contributed by atoms with van der Waals surface area (Å²) in [6, 6.07) is 7.35. The van der Waals surface area contributed by atoms with Gasteiger partial charge >= 0.3 is 0 Å². The Labute approximate surface area is 94.5 Å². The minimum atomic E-state index is -0.304. The molecule has 1 amide bonds. The zero-order chi connectivity index (χ0) is 12.0. The number of carbonyl (C=O) groups excluding carboxylic acids is 1. The molecule has 0 aliphatic carbocycles. The molecular weight excluding hydrogens is 202 g/mol. The maximum atomic E-state index is 10.5. The molecule has 0 saturated heterocycles. The lowest BCUT2D eigenvalue weighted by Gasteiger charge is -1.99. The third kappa shape index (κ3) is 3.96. The lowest BCUT2D eigenvalue weighted by molar-refractivity contribution is -0.117. The van der Waals surface area contributed by atoms with Gasteiger partial charge in [0.05, 0.1) is 0 Å². The van der Waals surface area contributed by atoms with Crippen LogP contribution >= 0.6 is 0 Å². The van der Waals surface area contributed by atoms with Gasteiger partial charge in [0.25, 0.3) is 0 Å². The molecule has 0 aromatic heterocycles. The largest absolute Gasteiger partial charge is 0.384 e. The molecule has 0 aliphatic rings. The summed E-state index contributed by atoms with van der Waals surface area (Å²) in [6.07, 6.45) is 4.74. The van der Waals surface area contributed by atoms with E-state index in [0.717, 1.165) is 5.56 Å². The Morgan fingerprint density at radius 1 is 1.38 bits per heavy atom. The van der Waals surface area contributed by atoms with Crippen LogP contribution in [0.15, 0.2) is 30.3 Å². The maximum absolute atomic E-state index is 10.5. The third-order valence-corrected chi connectivity index (χ3v) is 2.07. The zero-order valence-electron chi connectivity index (χ0n) is 8.94. The van der Waals surface area contributed by atoms with Crippen molar-refractivity contribution in [3.8, 4) is 0 Å². The minimum Gasteiger partial charge on any atom is -0.384 e. The summed E-state index contributed by atoms with van der Waals surface area (Å²) in [4.78, 5) is 10.5. The van der Waals surface area contributed by atoms with E-state index in [2.05, 4.69) is 0 Å². The molecule has 0 unspecified atom stereocenters. The molecule has 0 radical (unpaired) electrons. The van der Waals surface area contributed by atoms with Gasteiger partial charge in [-0.2, -0.15) is 0 Å². The number of allylic oxidation sites excluding steroid dienone is 1. The SMILES string of the molecule is N=C(N)c1cccc(/C=C/CCC(N)=O)c1. The molecule has 0 atom stereocenters. The molecular formula is C12H15N3O. The minimum absolute atomic E-state index is 0.0485. The fourth-order valence-corrected chi connectivity index (χ4v) is 1.25. The first kappa shape index (κ1) is 12.0. The number of nitrogens with one attached hydrogen (secondary N) is 1. The van der Waals surface area contributed by atoms with E-state index in [0.29, 0.717) is 18.4 Å². The van der Waals surface area contributed by atoms with Gasteiger partial charge in [0.2, 0.25) is 5.91 Å². The van der Waals surface area contributed by atoms with E-state index < -0.39 is 0 Å². The molecule has 0 fully saturated rings. The Bertz CT molecular complexity index is 424. The fourth-order valence-electron chi connectivity index (χ4n) is 1.25. The number of hydrogen-bond acceptors (Lipinski definition) is 2. The first-order chi connectivity index (χ1) is 7.59. The normalized spacial score (nSPS) is 10.5. The van der Waals surface area contributed by atoms with E-state index in [-0.39, 0.29) is 11.7 Å². The topological polar surface area (TPSA) is 93.0 Å². The second kappa shape index (κ2) is 5.70. The second-order valence-corrected chi connectivity index (χ2v) is 3.45. The highest BCUT2D eigenvalue weighted by atomic mass is 16.1. The lowest BCUT2D eigenvalue weighted by Crippen LogP contribution is -2.10. The predicted molar refractivity (Wildman–Crippen MR) is 64.9 cm³/mol. The van der Waals surface area contributed by atoms with Crippen LogP contribution in [0.3, 0.4) is 0 Å². The van der Waals surface area contributed by atoms with Gasteiger partial charge in [0.15, 0.2) is 0 Å². The Morgan fingerprint density at radius 2 is 2.12 bits per heavy atom. The van der Waals surface area contributed by atoms with E-state index in [1.807, 2.05) is 30.4 Å². The van der Waals surface area contributed by atoms with Crippen LogP contribution in [0.25, 0.3) is 6.08 Å². The highest BCUT2D eigenvalue weighted by Crippen LogP contribution is 2.07. The molecule has 0 bridgehead atoms. The summed E-state index contributed by atoms with van der Waals surface area (Å²) in [5.41, 5.74) is 12.0. The number of benzene rings is 1. The number of carbonyl (C=O) groups is 1. The highest BCUT2D eigenvalue weighted by Gasteiger charge is 1.95. The van der Waals surface area contributed by atoms with Gasteiger partial charge in [0, 0.05) is 12.0 Å². The van der Waals surface area contributed by atoms with Crippen LogP contribution < -0.4 is 11.5 Å². The average Bonchev–Trinajstić information content (AvgIpc) is 2.24. The number of nitrogens with two attached hydrogens (primary N) is 2. The van der Waals surface area contributed by atoms with Gasteiger partial charge in [-0.3, -0.25) is 10.2 Å². The molecule has 84 valence electrons. The summed E-state index contributed by atoms with van der Waals surface area (Å²) in [5, 5.41) is 7.29. The van der Waals surface area contributed by atoms with Crippen molar-refractivity contribution in [2.24, 2.45) is 11.5 Å².